The lowest BCUT2D eigenvalue weighted by Crippen LogP contribution is -2.28. The number of benzene rings is 1. The van der Waals surface area contributed by atoms with E-state index in [4.69, 9.17) is 16.3 Å². The Morgan fingerprint density at radius 2 is 2.38 bits per heavy atom. The molecule has 0 saturated carbocycles. The third kappa shape index (κ3) is 2.76. The monoisotopic (exact) mass is 239 g/mol. The van der Waals surface area contributed by atoms with Gasteiger partial charge in [-0.3, -0.25) is 0 Å². The topological polar surface area (TPSA) is 21.3 Å². The molecule has 1 fully saturated rings. The largest absolute Gasteiger partial charge is 0.380 e. The smallest absolute Gasteiger partial charge is 0.0727 e. The van der Waals surface area contributed by atoms with E-state index in [0.29, 0.717) is 12.5 Å². The summed E-state index contributed by atoms with van der Waals surface area (Å²) >= 11 is 6.23. The highest BCUT2D eigenvalue weighted by Gasteiger charge is 2.15. The van der Waals surface area contributed by atoms with E-state index < -0.39 is 0 Å². The van der Waals surface area contributed by atoms with Gasteiger partial charge < -0.3 is 10.1 Å². The minimum Gasteiger partial charge on any atom is -0.380 e. The van der Waals surface area contributed by atoms with Gasteiger partial charge in [0.25, 0.3) is 0 Å². The Hall–Kier alpha value is -0.570. The lowest BCUT2D eigenvalue weighted by molar-refractivity contribution is 0.185. The van der Waals surface area contributed by atoms with Crippen LogP contribution in [0.25, 0.3) is 0 Å². The Labute approximate surface area is 102 Å². The van der Waals surface area contributed by atoms with E-state index in [-0.39, 0.29) is 0 Å². The average molecular weight is 240 g/mol. The van der Waals surface area contributed by atoms with Crippen LogP contribution in [0.15, 0.2) is 18.2 Å². The molecule has 1 atom stereocenters. The predicted octanol–water partition coefficient (Wildman–Crippen LogP) is 2.95. The fourth-order valence-electron chi connectivity index (χ4n) is 2.23. The molecule has 1 unspecified atom stereocenters. The first-order valence-corrected chi connectivity index (χ1v) is 6.17. The molecule has 16 heavy (non-hydrogen) atoms. The van der Waals surface area contributed by atoms with Gasteiger partial charge in [-0.05, 0) is 42.5 Å². The van der Waals surface area contributed by atoms with Crippen molar-refractivity contribution in [1.82, 2.24) is 5.32 Å². The summed E-state index contributed by atoms with van der Waals surface area (Å²) < 4.78 is 5.10. The normalized spacial score (nSPS) is 21.0. The van der Waals surface area contributed by atoms with Crippen molar-refractivity contribution < 1.29 is 4.74 Å². The lowest BCUT2D eigenvalue weighted by atomic mass is 9.91. The number of nitrogens with one attached hydrogen (secondary N) is 1. The fraction of sp³-hybridized carbons (Fsp3) is 0.538. The van der Waals surface area contributed by atoms with Gasteiger partial charge in [-0.15, -0.1) is 0 Å². The highest BCUT2D eigenvalue weighted by atomic mass is 35.5. The number of piperidine rings is 1. The molecule has 0 aromatic heterocycles. The molecule has 2 rings (SSSR count). The van der Waals surface area contributed by atoms with Crippen molar-refractivity contribution in [2.75, 3.05) is 20.2 Å². The average Bonchev–Trinajstić information content (AvgIpc) is 2.33. The quantitative estimate of drug-likeness (QED) is 0.876. The highest BCUT2D eigenvalue weighted by molar-refractivity contribution is 6.31. The Kier molecular flexibility index (Phi) is 4.22. The predicted molar refractivity (Wildman–Crippen MR) is 67.0 cm³/mol. The summed E-state index contributed by atoms with van der Waals surface area (Å²) in [6, 6.07) is 6.35. The maximum Gasteiger partial charge on any atom is 0.0727 e. The molecule has 0 amide bonds. The van der Waals surface area contributed by atoms with Crippen molar-refractivity contribution in [2.24, 2.45) is 0 Å². The Balaban J connectivity index is 2.13. The molecule has 1 aliphatic rings. The van der Waals surface area contributed by atoms with E-state index in [1.807, 2.05) is 0 Å². The lowest BCUT2D eigenvalue weighted by Gasteiger charge is -2.23. The summed E-state index contributed by atoms with van der Waals surface area (Å²) in [5.41, 5.74) is 2.41. The van der Waals surface area contributed by atoms with Gasteiger partial charge in [0.1, 0.15) is 0 Å². The first-order chi connectivity index (χ1) is 7.81. The molecule has 1 aromatic rings. The molecule has 0 aliphatic carbocycles. The van der Waals surface area contributed by atoms with E-state index >= 15 is 0 Å². The number of hydrogen-bond donors (Lipinski definition) is 1. The molecule has 0 radical (unpaired) electrons. The molecule has 2 nitrogen and oxygen atoms in total. The van der Waals surface area contributed by atoms with Gasteiger partial charge in [-0.2, -0.15) is 0 Å². The SMILES string of the molecule is COCc1ccc(C2CCCNC2)cc1Cl. The van der Waals surface area contributed by atoms with Crippen molar-refractivity contribution in [3.05, 3.63) is 34.3 Å². The molecule has 88 valence electrons. The van der Waals surface area contributed by atoms with Gasteiger partial charge >= 0.3 is 0 Å². The van der Waals surface area contributed by atoms with E-state index in [2.05, 4.69) is 23.5 Å². The second-order valence-corrected chi connectivity index (χ2v) is 4.73. The fourth-order valence-corrected chi connectivity index (χ4v) is 2.47. The zero-order valence-electron chi connectivity index (χ0n) is 9.63. The van der Waals surface area contributed by atoms with Crippen molar-refractivity contribution in [3.8, 4) is 0 Å². The first-order valence-electron chi connectivity index (χ1n) is 5.79. The van der Waals surface area contributed by atoms with Crippen LogP contribution < -0.4 is 5.32 Å². The summed E-state index contributed by atoms with van der Waals surface area (Å²) in [7, 11) is 1.69. The maximum atomic E-state index is 6.23. The van der Waals surface area contributed by atoms with Crippen LogP contribution in [0.4, 0.5) is 0 Å². The van der Waals surface area contributed by atoms with Crippen LogP contribution in [0.5, 0.6) is 0 Å². The molecule has 1 saturated heterocycles. The zero-order valence-corrected chi connectivity index (χ0v) is 10.4. The van der Waals surface area contributed by atoms with Crippen molar-refractivity contribution in [2.45, 2.75) is 25.4 Å². The molecule has 1 N–H and O–H groups in total. The van der Waals surface area contributed by atoms with Crippen LogP contribution in [-0.2, 0) is 11.3 Å². The van der Waals surface area contributed by atoms with Crippen LogP contribution >= 0.6 is 11.6 Å². The summed E-state index contributed by atoms with van der Waals surface area (Å²) in [4.78, 5) is 0. The van der Waals surface area contributed by atoms with Crippen LogP contribution in [0.1, 0.15) is 29.9 Å². The van der Waals surface area contributed by atoms with Gasteiger partial charge in [0.05, 0.1) is 6.61 Å². The number of ether oxygens (including phenoxy) is 1. The summed E-state index contributed by atoms with van der Waals surface area (Å²) in [6.07, 6.45) is 2.51. The third-order valence-corrected chi connectivity index (χ3v) is 3.50. The van der Waals surface area contributed by atoms with Gasteiger partial charge in [0.15, 0.2) is 0 Å². The number of halogens is 1. The van der Waals surface area contributed by atoms with Gasteiger partial charge in [-0.1, -0.05) is 23.7 Å². The summed E-state index contributed by atoms with van der Waals surface area (Å²) in [5.74, 6) is 0.614. The Morgan fingerprint density at radius 3 is 3.00 bits per heavy atom. The molecule has 3 heteroatoms. The minimum atomic E-state index is 0.585. The van der Waals surface area contributed by atoms with Gasteiger partial charge in [0.2, 0.25) is 0 Å². The molecule has 0 bridgehead atoms. The minimum absolute atomic E-state index is 0.585. The molecule has 1 aliphatic heterocycles. The summed E-state index contributed by atoms with van der Waals surface area (Å²) in [6.45, 7) is 2.80. The molecule has 1 heterocycles. The summed E-state index contributed by atoms with van der Waals surface area (Å²) in [5, 5.41) is 4.25. The van der Waals surface area contributed by atoms with Crippen molar-refractivity contribution >= 4 is 11.6 Å². The van der Waals surface area contributed by atoms with Gasteiger partial charge in [-0.25, -0.2) is 0 Å². The molecule has 1 aromatic carbocycles. The Morgan fingerprint density at radius 1 is 1.50 bits per heavy atom. The number of hydrogen-bond acceptors (Lipinski definition) is 2. The van der Waals surface area contributed by atoms with Crippen LogP contribution in [-0.4, -0.2) is 20.2 Å². The van der Waals surface area contributed by atoms with Crippen LogP contribution in [0.3, 0.4) is 0 Å². The number of methoxy groups -OCH3 is 1. The Bertz CT molecular complexity index is 348. The number of rotatable bonds is 3. The second-order valence-electron chi connectivity index (χ2n) is 4.33. The standard InChI is InChI=1S/C13H18ClNO/c1-16-9-12-5-4-10(7-13(12)14)11-3-2-6-15-8-11/h4-5,7,11,15H,2-3,6,8-9H2,1H3. The van der Waals surface area contributed by atoms with Crippen molar-refractivity contribution in [3.63, 3.8) is 0 Å². The van der Waals surface area contributed by atoms with Crippen molar-refractivity contribution in [1.29, 1.82) is 0 Å². The molecular formula is C13H18ClNO. The van der Waals surface area contributed by atoms with E-state index in [0.717, 1.165) is 23.7 Å². The molecule has 0 spiro atoms. The second kappa shape index (κ2) is 5.67. The van der Waals surface area contributed by atoms with Gasteiger partial charge in [0, 0.05) is 18.7 Å². The maximum absolute atomic E-state index is 6.23. The van der Waals surface area contributed by atoms with Crippen LogP contribution in [0, 0.1) is 0 Å². The molecular weight excluding hydrogens is 222 g/mol. The zero-order chi connectivity index (χ0) is 11.4. The van der Waals surface area contributed by atoms with E-state index in [1.165, 1.54) is 18.4 Å². The van der Waals surface area contributed by atoms with Crippen LogP contribution in [0.2, 0.25) is 5.02 Å². The third-order valence-electron chi connectivity index (χ3n) is 3.15. The first kappa shape index (κ1) is 11.9. The van der Waals surface area contributed by atoms with E-state index in [9.17, 15) is 0 Å². The highest BCUT2D eigenvalue weighted by Crippen LogP contribution is 2.27. The van der Waals surface area contributed by atoms with E-state index in [1.54, 1.807) is 7.11 Å².